The normalized spacial score (nSPS) is 12.4. The molecule has 0 aromatic heterocycles. The van der Waals surface area contributed by atoms with E-state index in [9.17, 15) is 9.90 Å². The maximum atomic E-state index is 14.8. The van der Waals surface area contributed by atoms with Gasteiger partial charge < -0.3 is 5.11 Å². The summed E-state index contributed by atoms with van der Waals surface area (Å²) in [4.78, 5) is 14.8. The first-order chi connectivity index (χ1) is 21.2. The van der Waals surface area contributed by atoms with E-state index in [0.29, 0.717) is 11.1 Å². The standard InChI is InChI=1S/C41H22O2/c42-28-17-19-32(33(21-28)30-7-3-5-22-4-1-2-6-29(22)30)41(43)34-20-27-15-14-25-11-9-23-8-10-24-12-13-26-16-18-31(34)40-38(26)36(24)35(23)37(25)39(27)40/h1-21,42H. The highest BCUT2D eigenvalue weighted by atomic mass is 16.3. The van der Waals surface area contributed by atoms with Gasteiger partial charge in [0.05, 0.1) is 0 Å². The van der Waals surface area contributed by atoms with Gasteiger partial charge in [-0.05, 0) is 111 Å². The van der Waals surface area contributed by atoms with Crippen LogP contribution in [-0.2, 0) is 0 Å². The number of ketones is 1. The molecule has 10 aromatic carbocycles. The average Bonchev–Trinajstić information content (AvgIpc) is 3.06. The fourth-order valence-corrected chi connectivity index (χ4v) is 7.73. The molecular weight excluding hydrogens is 524 g/mol. The zero-order chi connectivity index (χ0) is 28.4. The minimum atomic E-state index is -0.0477. The third-order valence-corrected chi connectivity index (χ3v) is 9.57. The Hall–Kier alpha value is -5.73. The summed E-state index contributed by atoms with van der Waals surface area (Å²) in [6, 6.07) is 43.4. The smallest absolute Gasteiger partial charge is 0.194 e. The second-order valence-corrected chi connectivity index (χ2v) is 11.8. The number of phenols is 1. The van der Waals surface area contributed by atoms with Gasteiger partial charge in [0.15, 0.2) is 5.78 Å². The molecule has 0 amide bonds. The highest BCUT2D eigenvalue weighted by Crippen LogP contribution is 2.49. The Labute approximate surface area is 246 Å². The average molecular weight is 547 g/mol. The van der Waals surface area contributed by atoms with E-state index in [1.165, 1.54) is 48.5 Å². The Kier molecular flexibility index (Phi) is 4.24. The van der Waals surface area contributed by atoms with Crippen LogP contribution in [0.25, 0.3) is 86.5 Å². The van der Waals surface area contributed by atoms with E-state index in [1.807, 2.05) is 24.3 Å². The van der Waals surface area contributed by atoms with Gasteiger partial charge >= 0.3 is 0 Å². The van der Waals surface area contributed by atoms with Crippen LogP contribution in [0.2, 0.25) is 0 Å². The van der Waals surface area contributed by atoms with Gasteiger partial charge in [-0.15, -0.1) is 0 Å². The summed E-state index contributed by atoms with van der Waals surface area (Å²) < 4.78 is 0. The Morgan fingerprint density at radius 1 is 0.395 bits per heavy atom. The molecule has 10 aromatic rings. The van der Waals surface area contributed by atoms with Crippen molar-refractivity contribution in [2.45, 2.75) is 0 Å². The first-order valence-electron chi connectivity index (χ1n) is 14.6. The third kappa shape index (κ3) is 2.90. The van der Waals surface area contributed by atoms with Crippen molar-refractivity contribution in [3.63, 3.8) is 0 Å². The highest BCUT2D eigenvalue weighted by Gasteiger charge is 2.25. The lowest BCUT2D eigenvalue weighted by atomic mass is 9.80. The van der Waals surface area contributed by atoms with E-state index >= 15 is 0 Å². The maximum Gasteiger partial charge on any atom is 0.194 e. The molecule has 0 spiro atoms. The molecule has 0 bridgehead atoms. The fraction of sp³-hybridized carbons (Fsp3) is 0. The molecule has 2 heteroatoms. The summed E-state index contributed by atoms with van der Waals surface area (Å²) in [5, 5.41) is 27.1. The summed E-state index contributed by atoms with van der Waals surface area (Å²) >= 11 is 0. The van der Waals surface area contributed by atoms with Gasteiger partial charge in [-0.2, -0.15) is 0 Å². The predicted octanol–water partition coefficient (Wildman–Crippen LogP) is 10.7. The molecule has 2 nitrogen and oxygen atoms in total. The SMILES string of the molecule is O=C(c1ccc(O)cc1-c1cccc2ccccc12)c1cc2ccc3ccc4ccc5ccc6ccc1c1c6c5c4c3c21. The lowest BCUT2D eigenvalue weighted by Crippen LogP contribution is -2.06. The van der Waals surface area contributed by atoms with Crippen molar-refractivity contribution in [2.24, 2.45) is 0 Å². The largest absolute Gasteiger partial charge is 0.508 e. The lowest BCUT2D eigenvalue weighted by molar-refractivity contribution is 0.104. The number of rotatable bonds is 3. The van der Waals surface area contributed by atoms with Gasteiger partial charge in [0.25, 0.3) is 0 Å². The Bertz CT molecular complexity index is 2690. The quantitative estimate of drug-likeness (QED) is 0.136. The lowest BCUT2D eigenvalue weighted by Gasteiger charge is -2.22. The number of carbonyl (C=O) groups excluding carboxylic acids is 1. The minimum Gasteiger partial charge on any atom is -0.508 e. The van der Waals surface area contributed by atoms with Gasteiger partial charge in [0.1, 0.15) is 5.75 Å². The molecule has 0 atom stereocenters. The van der Waals surface area contributed by atoms with E-state index in [-0.39, 0.29) is 11.5 Å². The number of hydrogen-bond acceptors (Lipinski definition) is 2. The molecule has 0 aliphatic heterocycles. The van der Waals surface area contributed by atoms with Crippen LogP contribution < -0.4 is 0 Å². The Balaban J connectivity index is 1.34. The molecule has 0 fully saturated rings. The van der Waals surface area contributed by atoms with E-state index in [2.05, 4.69) is 84.9 Å². The second-order valence-electron chi connectivity index (χ2n) is 11.8. The number of phenolic OH excluding ortho intramolecular Hbond substituents is 1. The molecule has 0 saturated carbocycles. The van der Waals surface area contributed by atoms with Crippen molar-refractivity contribution >= 4 is 81.2 Å². The molecule has 0 radical (unpaired) electrons. The number of carbonyl (C=O) groups is 1. The second kappa shape index (κ2) is 7.96. The van der Waals surface area contributed by atoms with Crippen molar-refractivity contribution < 1.29 is 9.90 Å². The van der Waals surface area contributed by atoms with Crippen LogP contribution in [0.3, 0.4) is 0 Å². The van der Waals surface area contributed by atoms with Crippen molar-refractivity contribution in [3.8, 4) is 16.9 Å². The third-order valence-electron chi connectivity index (χ3n) is 9.57. The van der Waals surface area contributed by atoms with Crippen molar-refractivity contribution in [3.05, 3.63) is 139 Å². The summed E-state index contributed by atoms with van der Waals surface area (Å²) in [5.41, 5.74) is 2.92. The van der Waals surface area contributed by atoms with Gasteiger partial charge in [-0.1, -0.05) is 103 Å². The molecule has 0 aliphatic carbocycles. The molecule has 0 saturated heterocycles. The fourth-order valence-electron chi connectivity index (χ4n) is 7.73. The van der Waals surface area contributed by atoms with Crippen molar-refractivity contribution in [1.29, 1.82) is 0 Å². The Morgan fingerprint density at radius 2 is 0.953 bits per heavy atom. The molecule has 43 heavy (non-hydrogen) atoms. The molecule has 1 N–H and O–H groups in total. The van der Waals surface area contributed by atoms with Gasteiger partial charge in [-0.25, -0.2) is 0 Å². The summed E-state index contributed by atoms with van der Waals surface area (Å²) in [6.07, 6.45) is 0. The topological polar surface area (TPSA) is 37.3 Å². The van der Waals surface area contributed by atoms with Crippen molar-refractivity contribution in [1.82, 2.24) is 0 Å². The molecule has 0 heterocycles. The van der Waals surface area contributed by atoms with Crippen LogP contribution in [-0.4, -0.2) is 10.9 Å². The van der Waals surface area contributed by atoms with E-state index in [0.717, 1.165) is 38.1 Å². The van der Waals surface area contributed by atoms with Crippen LogP contribution in [0.1, 0.15) is 15.9 Å². The Morgan fingerprint density at radius 3 is 1.65 bits per heavy atom. The number of hydrogen-bond donors (Lipinski definition) is 1. The van der Waals surface area contributed by atoms with E-state index in [4.69, 9.17) is 0 Å². The number of aromatic hydroxyl groups is 1. The zero-order valence-electron chi connectivity index (χ0n) is 23.0. The molecule has 0 aliphatic rings. The maximum absolute atomic E-state index is 14.8. The van der Waals surface area contributed by atoms with Crippen LogP contribution in [0, 0.1) is 0 Å². The van der Waals surface area contributed by atoms with Crippen LogP contribution in [0.15, 0.2) is 127 Å². The molecular formula is C41H22O2. The number of fused-ring (bicyclic) bond motifs is 1. The summed E-state index contributed by atoms with van der Waals surface area (Å²) in [5.74, 6) is 0.0891. The van der Waals surface area contributed by atoms with E-state index in [1.54, 1.807) is 18.2 Å². The first kappa shape index (κ1) is 22.9. The van der Waals surface area contributed by atoms with Crippen LogP contribution >= 0.6 is 0 Å². The van der Waals surface area contributed by atoms with Gasteiger partial charge in [0, 0.05) is 11.1 Å². The first-order valence-corrected chi connectivity index (χ1v) is 14.6. The zero-order valence-corrected chi connectivity index (χ0v) is 23.0. The van der Waals surface area contributed by atoms with Crippen molar-refractivity contribution in [2.75, 3.05) is 0 Å². The molecule has 0 unspecified atom stereocenters. The summed E-state index contributed by atoms with van der Waals surface area (Å²) in [6.45, 7) is 0. The number of benzene rings is 10. The molecule has 10 rings (SSSR count). The predicted molar refractivity (Wildman–Crippen MR) is 180 cm³/mol. The van der Waals surface area contributed by atoms with Crippen LogP contribution in [0.4, 0.5) is 0 Å². The monoisotopic (exact) mass is 546 g/mol. The molecule has 198 valence electrons. The summed E-state index contributed by atoms with van der Waals surface area (Å²) in [7, 11) is 0. The van der Waals surface area contributed by atoms with E-state index < -0.39 is 0 Å². The van der Waals surface area contributed by atoms with Gasteiger partial charge in [0.2, 0.25) is 0 Å². The van der Waals surface area contributed by atoms with Gasteiger partial charge in [-0.3, -0.25) is 4.79 Å². The minimum absolute atomic E-state index is 0.0477. The highest BCUT2D eigenvalue weighted by molar-refractivity contribution is 6.45. The van der Waals surface area contributed by atoms with Crippen LogP contribution in [0.5, 0.6) is 5.75 Å².